The van der Waals surface area contributed by atoms with Crippen molar-refractivity contribution in [2.75, 3.05) is 0 Å². The molecule has 29 heavy (non-hydrogen) atoms. The van der Waals surface area contributed by atoms with E-state index in [2.05, 4.69) is 27.1 Å². The maximum atomic E-state index is 13.2. The van der Waals surface area contributed by atoms with Crippen molar-refractivity contribution in [3.05, 3.63) is 83.2 Å². The van der Waals surface area contributed by atoms with Gasteiger partial charge in [0.15, 0.2) is 0 Å². The number of rotatable bonds is 6. The molecule has 0 amide bonds. The fourth-order valence-corrected chi connectivity index (χ4v) is 3.11. The zero-order chi connectivity index (χ0) is 19.3. The Bertz CT molecular complexity index is 1020. The summed E-state index contributed by atoms with van der Waals surface area (Å²) in [5, 5.41) is 8.11. The normalized spacial score (nSPS) is 13.7. The molecule has 3 heterocycles. The highest BCUT2D eigenvalue weighted by molar-refractivity contribution is 6.08. The van der Waals surface area contributed by atoms with Crippen molar-refractivity contribution < 1.29 is 4.39 Å². The van der Waals surface area contributed by atoms with Gasteiger partial charge < -0.3 is 0 Å². The Balaban J connectivity index is 0.00000240. The van der Waals surface area contributed by atoms with Gasteiger partial charge in [-0.25, -0.2) is 14.4 Å². The van der Waals surface area contributed by atoms with Crippen molar-refractivity contribution in [2.24, 2.45) is 10.2 Å². The summed E-state index contributed by atoms with van der Waals surface area (Å²) < 4.78 is 13.2. The Morgan fingerprint density at radius 3 is 2.59 bits per heavy atom. The zero-order valence-electron chi connectivity index (χ0n) is 15.9. The minimum absolute atomic E-state index is 0. The SMILES string of the molecule is C[C@H](Cc1nc(Cc2cnccn2)cc(C2=NN=CC2)n1)c1ccc(F)cc1.Cl. The van der Waals surface area contributed by atoms with Crippen LogP contribution >= 0.6 is 12.4 Å². The van der Waals surface area contributed by atoms with E-state index < -0.39 is 0 Å². The predicted octanol–water partition coefficient (Wildman–Crippen LogP) is 3.94. The summed E-state index contributed by atoms with van der Waals surface area (Å²) >= 11 is 0. The molecule has 0 radical (unpaired) electrons. The second-order valence-corrected chi connectivity index (χ2v) is 6.74. The largest absolute Gasteiger partial charge is 0.261 e. The summed E-state index contributed by atoms with van der Waals surface area (Å²) in [6.07, 6.45) is 8.68. The van der Waals surface area contributed by atoms with Gasteiger partial charge in [0.2, 0.25) is 0 Å². The molecule has 148 valence electrons. The summed E-state index contributed by atoms with van der Waals surface area (Å²) in [5.41, 5.74) is 4.37. The lowest BCUT2D eigenvalue weighted by Crippen LogP contribution is -2.11. The van der Waals surface area contributed by atoms with Crippen molar-refractivity contribution in [1.29, 1.82) is 0 Å². The van der Waals surface area contributed by atoms with E-state index in [1.165, 1.54) is 12.1 Å². The molecular formula is C21H20ClFN6. The van der Waals surface area contributed by atoms with E-state index in [0.717, 1.165) is 34.2 Å². The number of hydrogen-bond donors (Lipinski definition) is 0. The summed E-state index contributed by atoms with van der Waals surface area (Å²) in [6, 6.07) is 8.51. The lowest BCUT2D eigenvalue weighted by molar-refractivity contribution is 0.624. The molecule has 6 nitrogen and oxygen atoms in total. The lowest BCUT2D eigenvalue weighted by Gasteiger charge is -2.13. The van der Waals surface area contributed by atoms with Crippen LogP contribution in [0, 0.1) is 5.82 Å². The highest BCUT2D eigenvalue weighted by atomic mass is 35.5. The molecule has 0 aliphatic carbocycles. The van der Waals surface area contributed by atoms with Gasteiger partial charge in [-0.05, 0) is 29.7 Å². The molecule has 0 saturated heterocycles. The Labute approximate surface area is 174 Å². The molecule has 4 rings (SSSR count). The van der Waals surface area contributed by atoms with Gasteiger partial charge in [0, 0.05) is 44.1 Å². The average Bonchev–Trinajstić information content (AvgIpc) is 3.24. The Morgan fingerprint density at radius 2 is 1.90 bits per heavy atom. The van der Waals surface area contributed by atoms with Crippen LogP contribution in [0.25, 0.3) is 0 Å². The molecule has 1 aliphatic heterocycles. The van der Waals surface area contributed by atoms with Crippen molar-refractivity contribution in [2.45, 2.75) is 32.1 Å². The van der Waals surface area contributed by atoms with Crippen LogP contribution in [0.15, 0.2) is 59.1 Å². The first-order valence-electron chi connectivity index (χ1n) is 9.13. The van der Waals surface area contributed by atoms with Gasteiger partial charge in [0.1, 0.15) is 11.6 Å². The summed E-state index contributed by atoms with van der Waals surface area (Å²) in [4.78, 5) is 17.9. The first kappa shape index (κ1) is 20.7. The second-order valence-electron chi connectivity index (χ2n) is 6.74. The van der Waals surface area contributed by atoms with Gasteiger partial charge in [-0.1, -0.05) is 19.1 Å². The molecule has 2 aromatic heterocycles. The molecule has 0 N–H and O–H groups in total. The number of hydrogen-bond acceptors (Lipinski definition) is 6. The fraction of sp³-hybridized carbons (Fsp3) is 0.238. The van der Waals surface area contributed by atoms with E-state index in [-0.39, 0.29) is 24.1 Å². The number of halogens is 2. The molecule has 1 aliphatic rings. The quantitative estimate of drug-likeness (QED) is 0.616. The van der Waals surface area contributed by atoms with Gasteiger partial charge in [0.25, 0.3) is 0 Å². The fourth-order valence-electron chi connectivity index (χ4n) is 3.11. The van der Waals surface area contributed by atoms with Crippen LogP contribution in [0.2, 0.25) is 0 Å². The summed E-state index contributed by atoms with van der Waals surface area (Å²) in [6.45, 7) is 2.09. The molecule has 1 atom stereocenters. The number of nitrogens with zero attached hydrogens (tertiary/aromatic N) is 6. The summed E-state index contributed by atoms with van der Waals surface area (Å²) in [5.74, 6) is 0.643. The summed E-state index contributed by atoms with van der Waals surface area (Å²) in [7, 11) is 0. The third-order valence-electron chi connectivity index (χ3n) is 4.57. The van der Waals surface area contributed by atoms with Crippen LogP contribution in [-0.4, -0.2) is 31.9 Å². The van der Waals surface area contributed by atoms with E-state index in [9.17, 15) is 4.39 Å². The van der Waals surface area contributed by atoms with Crippen LogP contribution in [0.5, 0.6) is 0 Å². The van der Waals surface area contributed by atoms with Crippen molar-refractivity contribution in [1.82, 2.24) is 19.9 Å². The third-order valence-corrected chi connectivity index (χ3v) is 4.57. The van der Waals surface area contributed by atoms with Crippen molar-refractivity contribution in [3.8, 4) is 0 Å². The smallest absolute Gasteiger partial charge is 0.129 e. The van der Waals surface area contributed by atoms with E-state index in [1.54, 1.807) is 36.9 Å². The predicted molar refractivity (Wildman–Crippen MR) is 112 cm³/mol. The Hall–Kier alpha value is -3.06. The first-order chi connectivity index (χ1) is 13.7. The minimum Gasteiger partial charge on any atom is -0.261 e. The van der Waals surface area contributed by atoms with E-state index >= 15 is 0 Å². The van der Waals surface area contributed by atoms with Gasteiger partial charge in [-0.15, -0.1) is 12.4 Å². The molecule has 0 unspecified atom stereocenters. The highest BCUT2D eigenvalue weighted by Crippen LogP contribution is 2.20. The van der Waals surface area contributed by atoms with E-state index in [1.807, 2.05) is 6.07 Å². The van der Waals surface area contributed by atoms with Gasteiger partial charge in [-0.2, -0.15) is 10.2 Å². The highest BCUT2D eigenvalue weighted by Gasteiger charge is 2.15. The minimum atomic E-state index is -0.236. The topological polar surface area (TPSA) is 76.3 Å². The monoisotopic (exact) mass is 410 g/mol. The Kier molecular flexibility index (Phi) is 6.72. The Morgan fingerprint density at radius 1 is 1.07 bits per heavy atom. The molecule has 0 spiro atoms. The zero-order valence-corrected chi connectivity index (χ0v) is 16.7. The molecule has 8 heteroatoms. The number of benzene rings is 1. The second kappa shape index (κ2) is 9.43. The van der Waals surface area contributed by atoms with Gasteiger partial charge in [0.05, 0.1) is 22.8 Å². The number of aromatic nitrogens is 4. The average molecular weight is 411 g/mol. The van der Waals surface area contributed by atoms with E-state index in [0.29, 0.717) is 19.3 Å². The van der Waals surface area contributed by atoms with Crippen LogP contribution in [0.4, 0.5) is 4.39 Å². The molecule has 3 aromatic rings. The first-order valence-corrected chi connectivity index (χ1v) is 9.13. The van der Waals surface area contributed by atoms with Crippen LogP contribution in [0.1, 0.15) is 47.7 Å². The van der Waals surface area contributed by atoms with Gasteiger partial charge >= 0.3 is 0 Å². The van der Waals surface area contributed by atoms with Gasteiger partial charge in [-0.3, -0.25) is 9.97 Å². The van der Waals surface area contributed by atoms with Crippen molar-refractivity contribution >= 4 is 24.3 Å². The van der Waals surface area contributed by atoms with Crippen LogP contribution in [0.3, 0.4) is 0 Å². The molecule has 0 bridgehead atoms. The maximum Gasteiger partial charge on any atom is 0.129 e. The molecule has 1 aromatic carbocycles. The van der Waals surface area contributed by atoms with Crippen LogP contribution in [-0.2, 0) is 12.8 Å². The molecule has 0 fully saturated rings. The van der Waals surface area contributed by atoms with Crippen LogP contribution < -0.4 is 0 Å². The standard InChI is InChI=1S/C21H19FN6.ClH/c1-14(15-2-4-16(22)5-3-15)10-21-26-17(11-18-13-23-8-9-24-18)12-20(27-21)19-6-7-25-28-19;/h2-5,7-9,12-14H,6,10-11H2,1H3;1H/t14-;/m1./s1. The van der Waals surface area contributed by atoms with E-state index in [4.69, 9.17) is 9.97 Å². The maximum absolute atomic E-state index is 13.2. The third kappa shape index (κ3) is 5.26. The molecular weight excluding hydrogens is 391 g/mol. The van der Waals surface area contributed by atoms with Crippen molar-refractivity contribution in [3.63, 3.8) is 0 Å². The lowest BCUT2D eigenvalue weighted by atomic mass is 9.97. The molecule has 0 saturated carbocycles.